The molecular weight excluding hydrogens is 337 g/mol. The normalized spacial score (nSPS) is 10.8. The van der Waals surface area contributed by atoms with Crippen LogP contribution in [0.4, 0.5) is 10.1 Å². The predicted molar refractivity (Wildman–Crippen MR) is 86.9 cm³/mol. The molecule has 0 fully saturated rings. The monoisotopic (exact) mass is 347 g/mol. The van der Waals surface area contributed by atoms with Crippen LogP contribution in [0, 0.1) is 5.82 Å². The lowest BCUT2D eigenvalue weighted by Gasteiger charge is -2.06. The maximum absolute atomic E-state index is 13.1. The van der Waals surface area contributed by atoms with Gasteiger partial charge in [-0.15, -0.1) is 0 Å². The molecule has 0 spiro atoms. The molecule has 0 saturated carbocycles. The molecule has 3 aromatic rings. The van der Waals surface area contributed by atoms with Gasteiger partial charge in [-0.25, -0.2) is 9.18 Å². The molecule has 3 rings (SSSR count). The molecule has 5 nitrogen and oxygen atoms in total. The van der Waals surface area contributed by atoms with E-state index in [-0.39, 0.29) is 22.9 Å². The average Bonchev–Trinajstić information content (AvgIpc) is 2.91. The fourth-order valence-electron chi connectivity index (χ4n) is 2.34. The van der Waals surface area contributed by atoms with Gasteiger partial charge in [0.1, 0.15) is 11.4 Å². The molecule has 0 aliphatic rings. The van der Waals surface area contributed by atoms with E-state index in [9.17, 15) is 14.0 Å². The number of anilines is 1. The van der Waals surface area contributed by atoms with Crippen LogP contribution in [-0.4, -0.2) is 17.0 Å². The molecule has 0 bridgehead atoms. The number of fused-ring (bicyclic) bond motifs is 1. The van der Waals surface area contributed by atoms with E-state index < -0.39 is 11.8 Å². The van der Waals surface area contributed by atoms with E-state index in [1.54, 1.807) is 6.07 Å². The Balaban J connectivity index is 1.78. The molecule has 1 aromatic heterocycles. The third-order valence-corrected chi connectivity index (χ3v) is 3.78. The van der Waals surface area contributed by atoms with Gasteiger partial charge in [0.25, 0.3) is 0 Å². The summed E-state index contributed by atoms with van der Waals surface area (Å²) in [6.45, 7) is 0. The number of halogens is 2. The average molecular weight is 348 g/mol. The lowest BCUT2D eigenvalue weighted by Crippen LogP contribution is -2.14. The molecule has 0 aliphatic carbocycles. The van der Waals surface area contributed by atoms with Crippen LogP contribution < -0.4 is 5.32 Å². The second-order valence-corrected chi connectivity index (χ2v) is 5.53. The number of furan rings is 1. The van der Waals surface area contributed by atoms with Crippen molar-refractivity contribution in [2.45, 2.75) is 6.42 Å². The van der Waals surface area contributed by atoms with Gasteiger partial charge in [0.15, 0.2) is 0 Å². The Kier molecular flexibility index (Phi) is 4.22. The zero-order valence-electron chi connectivity index (χ0n) is 12.2. The minimum atomic E-state index is -1.18. The van der Waals surface area contributed by atoms with Gasteiger partial charge in [0, 0.05) is 22.7 Å². The smallest absolute Gasteiger partial charge is 0.337 e. The summed E-state index contributed by atoms with van der Waals surface area (Å²) in [5.74, 6) is -1.96. The van der Waals surface area contributed by atoms with E-state index in [1.165, 1.54) is 36.6 Å². The molecule has 2 aromatic carbocycles. The van der Waals surface area contributed by atoms with Crippen molar-refractivity contribution in [3.8, 4) is 0 Å². The first-order valence-corrected chi connectivity index (χ1v) is 7.30. The highest BCUT2D eigenvalue weighted by Gasteiger charge is 2.13. The van der Waals surface area contributed by atoms with Crippen LogP contribution in [0.5, 0.6) is 0 Å². The molecule has 0 radical (unpaired) electrons. The molecule has 7 heteroatoms. The van der Waals surface area contributed by atoms with Gasteiger partial charge in [0.05, 0.1) is 23.3 Å². The Labute approximate surface area is 140 Å². The fraction of sp³-hybridized carbons (Fsp3) is 0.0588. The number of hydrogen-bond donors (Lipinski definition) is 2. The number of carboxylic acids is 1. The molecule has 2 N–H and O–H groups in total. The number of carboxylic acid groups (broad SMARTS) is 1. The van der Waals surface area contributed by atoms with E-state index in [0.717, 1.165) is 0 Å². The maximum atomic E-state index is 13.1. The standard InChI is InChI=1S/C17H11ClFNO4/c18-14-4-2-11(7-13(14)17(22)23)20-16(21)5-9-8-24-15-6-10(19)1-3-12(9)15/h1-4,6-8H,5H2,(H,20,21)(H,22,23). The third kappa shape index (κ3) is 3.23. The van der Waals surface area contributed by atoms with Crippen molar-refractivity contribution in [3.05, 3.63) is 64.6 Å². The highest BCUT2D eigenvalue weighted by atomic mass is 35.5. The van der Waals surface area contributed by atoms with Gasteiger partial charge in [-0.2, -0.15) is 0 Å². The van der Waals surface area contributed by atoms with Crippen molar-refractivity contribution in [1.29, 1.82) is 0 Å². The van der Waals surface area contributed by atoms with E-state index in [0.29, 0.717) is 22.2 Å². The molecule has 0 saturated heterocycles. The van der Waals surface area contributed by atoms with Gasteiger partial charge >= 0.3 is 5.97 Å². The molecule has 1 amide bonds. The van der Waals surface area contributed by atoms with Crippen LogP contribution >= 0.6 is 11.6 Å². The highest BCUT2D eigenvalue weighted by Crippen LogP contribution is 2.24. The van der Waals surface area contributed by atoms with Crippen LogP contribution in [-0.2, 0) is 11.2 Å². The lowest BCUT2D eigenvalue weighted by molar-refractivity contribution is -0.115. The molecule has 0 atom stereocenters. The minimum Gasteiger partial charge on any atom is -0.478 e. The molecule has 0 aliphatic heterocycles. The van der Waals surface area contributed by atoms with E-state index in [1.807, 2.05) is 0 Å². The topological polar surface area (TPSA) is 79.5 Å². The maximum Gasteiger partial charge on any atom is 0.337 e. The van der Waals surface area contributed by atoms with Gasteiger partial charge < -0.3 is 14.8 Å². The summed E-state index contributed by atoms with van der Waals surface area (Å²) in [6.07, 6.45) is 1.40. The Hall–Kier alpha value is -2.86. The molecule has 1 heterocycles. The van der Waals surface area contributed by atoms with Gasteiger partial charge in [-0.3, -0.25) is 4.79 Å². The lowest BCUT2D eigenvalue weighted by atomic mass is 10.1. The highest BCUT2D eigenvalue weighted by molar-refractivity contribution is 6.33. The summed E-state index contributed by atoms with van der Waals surface area (Å²) in [4.78, 5) is 23.2. The van der Waals surface area contributed by atoms with E-state index in [4.69, 9.17) is 21.1 Å². The number of carbonyl (C=O) groups excluding carboxylic acids is 1. The van der Waals surface area contributed by atoms with Crippen LogP contribution in [0.2, 0.25) is 5.02 Å². The molecule has 24 heavy (non-hydrogen) atoms. The number of hydrogen-bond acceptors (Lipinski definition) is 3. The summed E-state index contributed by atoms with van der Waals surface area (Å²) in [6, 6.07) is 8.27. The zero-order valence-corrected chi connectivity index (χ0v) is 12.9. The second-order valence-electron chi connectivity index (χ2n) is 5.13. The fourth-order valence-corrected chi connectivity index (χ4v) is 2.54. The number of amides is 1. The number of nitrogens with one attached hydrogen (secondary N) is 1. The van der Waals surface area contributed by atoms with E-state index >= 15 is 0 Å². The molecule has 0 unspecified atom stereocenters. The number of rotatable bonds is 4. The Morgan fingerprint density at radius 2 is 2.00 bits per heavy atom. The second kappa shape index (κ2) is 6.33. The Morgan fingerprint density at radius 1 is 1.21 bits per heavy atom. The van der Waals surface area contributed by atoms with Crippen molar-refractivity contribution < 1.29 is 23.5 Å². The Bertz CT molecular complexity index is 951. The van der Waals surface area contributed by atoms with Gasteiger partial charge in [0.2, 0.25) is 5.91 Å². The third-order valence-electron chi connectivity index (χ3n) is 3.45. The first-order chi connectivity index (χ1) is 11.4. The summed E-state index contributed by atoms with van der Waals surface area (Å²) in [5.41, 5.74) is 1.19. The summed E-state index contributed by atoms with van der Waals surface area (Å²) < 4.78 is 18.4. The quantitative estimate of drug-likeness (QED) is 0.744. The first-order valence-electron chi connectivity index (χ1n) is 6.92. The van der Waals surface area contributed by atoms with Crippen molar-refractivity contribution in [1.82, 2.24) is 0 Å². The minimum absolute atomic E-state index is 0.00363. The van der Waals surface area contributed by atoms with E-state index in [2.05, 4.69) is 5.32 Å². The first kappa shape index (κ1) is 16.0. The van der Waals surface area contributed by atoms with Crippen LogP contribution in [0.25, 0.3) is 11.0 Å². The Morgan fingerprint density at radius 3 is 2.75 bits per heavy atom. The zero-order chi connectivity index (χ0) is 17.3. The van der Waals surface area contributed by atoms with Crippen molar-refractivity contribution >= 4 is 40.1 Å². The van der Waals surface area contributed by atoms with Gasteiger partial charge in [-0.1, -0.05) is 11.6 Å². The van der Waals surface area contributed by atoms with Crippen LogP contribution in [0.3, 0.4) is 0 Å². The van der Waals surface area contributed by atoms with Gasteiger partial charge in [-0.05, 0) is 30.3 Å². The number of carbonyl (C=O) groups is 2. The van der Waals surface area contributed by atoms with Crippen LogP contribution in [0.1, 0.15) is 15.9 Å². The van der Waals surface area contributed by atoms with Crippen molar-refractivity contribution in [2.75, 3.05) is 5.32 Å². The summed E-state index contributed by atoms with van der Waals surface area (Å²) >= 11 is 5.78. The SMILES string of the molecule is O=C(Cc1coc2cc(F)ccc12)Nc1ccc(Cl)c(C(=O)O)c1. The van der Waals surface area contributed by atoms with Crippen LogP contribution in [0.15, 0.2) is 47.1 Å². The largest absolute Gasteiger partial charge is 0.478 e. The number of aromatic carboxylic acids is 1. The summed E-state index contributed by atoms with van der Waals surface area (Å²) in [5, 5.41) is 12.4. The summed E-state index contributed by atoms with van der Waals surface area (Å²) in [7, 11) is 0. The molecule has 122 valence electrons. The predicted octanol–water partition coefficient (Wildman–Crippen LogP) is 4.10. The van der Waals surface area contributed by atoms with Crippen molar-refractivity contribution in [2.24, 2.45) is 0 Å². The number of benzene rings is 2. The molecular formula is C17H11ClFNO4. The van der Waals surface area contributed by atoms with Crippen molar-refractivity contribution in [3.63, 3.8) is 0 Å².